The first-order valence-electron chi connectivity index (χ1n) is 21.8. The molecule has 21 nitrogen and oxygen atoms in total. The molecule has 0 radical (unpaired) electrons. The molecular weight excluding hydrogens is 851 g/mol. The van der Waals surface area contributed by atoms with Crippen LogP contribution < -0.4 is 49.1 Å². The summed E-state index contributed by atoms with van der Waals surface area (Å²) in [6.07, 6.45) is 6.49. The van der Waals surface area contributed by atoms with Crippen LogP contribution in [0.2, 0.25) is 0 Å². The van der Waals surface area contributed by atoms with E-state index in [0.29, 0.717) is 24.0 Å². The van der Waals surface area contributed by atoms with Gasteiger partial charge in [-0.3, -0.25) is 38.6 Å². The largest absolute Gasteiger partial charge is 0.370 e. The summed E-state index contributed by atoms with van der Waals surface area (Å²) >= 11 is 0. The molecule has 0 fully saturated rings. The van der Waals surface area contributed by atoms with Crippen molar-refractivity contribution in [2.75, 3.05) is 6.54 Å². The number of primary amides is 1. The smallest absolute Gasteiger partial charge is 0.243 e. The summed E-state index contributed by atoms with van der Waals surface area (Å²) in [5, 5.41) is 17.0. The van der Waals surface area contributed by atoms with E-state index in [2.05, 4.69) is 51.8 Å². The lowest BCUT2D eigenvalue weighted by Crippen LogP contribution is -2.60. The summed E-state index contributed by atoms with van der Waals surface area (Å²) in [6, 6.07) is 9.02. The van der Waals surface area contributed by atoms with Crippen molar-refractivity contribution in [3.63, 3.8) is 0 Å². The van der Waals surface area contributed by atoms with Gasteiger partial charge in [0.05, 0.1) is 12.4 Å². The predicted octanol–water partition coefficient (Wildman–Crippen LogP) is -0.444. The van der Waals surface area contributed by atoms with Gasteiger partial charge in [0.1, 0.15) is 36.5 Å². The summed E-state index contributed by atoms with van der Waals surface area (Å²) in [5.74, 6) is -5.13. The van der Waals surface area contributed by atoms with Crippen molar-refractivity contribution < 1.29 is 38.4 Å². The number of benzene rings is 2. The van der Waals surface area contributed by atoms with Crippen molar-refractivity contribution in [2.24, 2.45) is 22.2 Å². The Morgan fingerprint density at radius 3 is 1.86 bits per heavy atom. The van der Waals surface area contributed by atoms with Gasteiger partial charge in [-0.2, -0.15) is 0 Å². The summed E-state index contributed by atoms with van der Waals surface area (Å²) in [7, 11) is 0. The fraction of sp³-hybridized carbons (Fsp3) is 0.422. The Hall–Kier alpha value is -7.58. The number of para-hydroxylation sites is 1. The molecular formula is C45H61N13O8. The molecule has 4 aromatic rings. The second-order valence-electron chi connectivity index (χ2n) is 15.9. The first-order valence-corrected chi connectivity index (χ1v) is 21.8. The summed E-state index contributed by atoms with van der Waals surface area (Å²) in [4.78, 5) is 120. The minimum absolute atomic E-state index is 0.0389. The molecule has 0 spiro atoms. The number of hydrogen-bond donors (Lipinski definition) is 11. The molecule has 0 aliphatic rings. The van der Waals surface area contributed by atoms with Gasteiger partial charge in [0, 0.05) is 68.1 Å². The van der Waals surface area contributed by atoms with Gasteiger partial charge in [0.15, 0.2) is 5.96 Å². The minimum atomic E-state index is -1.39. The van der Waals surface area contributed by atoms with Gasteiger partial charge in [-0.1, -0.05) is 68.3 Å². The Morgan fingerprint density at radius 2 is 1.26 bits per heavy atom. The molecule has 2 aromatic heterocycles. The number of aromatic nitrogens is 3. The lowest BCUT2D eigenvalue weighted by Gasteiger charge is -2.27. The van der Waals surface area contributed by atoms with E-state index in [1.807, 2.05) is 31.2 Å². The van der Waals surface area contributed by atoms with Crippen LogP contribution in [-0.4, -0.2) is 111 Å². The van der Waals surface area contributed by atoms with Crippen LogP contribution in [0.4, 0.5) is 0 Å². The second-order valence-corrected chi connectivity index (χ2v) is 15.9. The first kappa shape index (κ1) is 51.1. The lowest BCUT2D eigenvalue weighted by atomic mass is 10.0. The Morgan fingerprint density at radius 1 is 0.682 bits per heavy atom. The number of nitrogens with zero attached hydrogens (tertiary/aromatic N) is 2. The third kappa shape index (κ3) is 16.8. The number of carbonyl (C=O) groups excluding carboxylic acids is 8. The molecule has 7 amide bonds. The fourth-order valence-electron chi connectivity index (χ4n) is 7.18. The van der Waals surface area contributed by atoms with Crippen LogP contribution in [-0.2, 0) is 57.6 Å². The first-order chi connectivity index (χ1) is 31.7. The third-order valence-corrected chi connectivity index (χ3v) is 10.6. The molecule has 0 unspecified atom stereocenters. The number of aromatic amines is 2. The maximum Gasteiger partial charge on any atom is 0.243 e. The number of unbranched alkanes of at least 4 members (excludes halogenated alkanes) is 1. The van der Waals surface area contributed by atoms with Gasteiger partial charge < -0.3 is 63.9 Å². The Balaban J connectivity index is 1.60. The Labute approximate surface area is 382 Å². The average Bonchev–Trinajstić information content (AvgIpc) is 3.96. The number of carbonyl (C=O) groups is 8. The summed E-state index contributed by atoms with van der Waals surface area (Å²) < 4.78 is 0. The zero-order chi connectivity index (χ0) is 48.0. The minimum Gasteiger partial charge on any atom is -0.370 e. The normalized spacial score (nSPS) is 13.7. The SMILES string of the molecule is CCCC[C@H](NC(C)=O)C(=O)N[C@@H](CCC(N)=O)C(=O)N[C@@H](Cc1cnc[nH]1)C(=O)N[C@H](Cc1ccccc1)C(=O)N[C@@H](CCCN=C(N)N)C(=O)N[C@@H](C=O)Cc1c[nH]c2ccccc12. The Kier molecular flexibility index (Phi) is 20.3. The van der Waals surface area contributed by atoms with Crippen LogP contribution >= 0.6 is 0 Å². The van der Waals surface area contributed by atoms with Gasteiger partial charge in [0.25, 0.3) is 0 Å². The van der Waals surface area contributed by atoms with E-state index < -0.39 is 77.6 Å². The van der Waals surface area contributed by atoms with E-state index in [4.69, 9.17) is 17.2 Å². The molecule has 0 aliphatic heterocycles. The van der Waals surface area contributed by atoms with Crippen LogP contribution in [0.25, 0.3) is 10.9 Å². The number of amides is 7. The van der Waals surface area contributed by atoms with Crippen molar-refractivity contribution in [1.29, 1.82) is 0 Å². The molecule has 66 heavy (non-hydrogen) atoms. The number of hydrogen-bond acceptors (Lipinski definition) is 10. The standard InChI is InChI=1S/C45H61N13O8/c1-3-4-14-34(53-27(2)60)41(63)56-36(17-18-39(46)61)42(64)58-38(22-30-24-49-26-52-30)44(66)57-37(20-28-11-6-5-7-12-28)43(65)55-35(16-10-19-50-45(47)48)40(62)54-31(25-59)21-29-23-51-33-15-9-8-13-32(29)33/h5-9,11-13,15,23-26,31,34-38,51H,3-4,10,14,16-22H2,1-2H3,(H2,46,61)(H,49,52)(H,53,60)(H,54,62)(H,55,65)(H,56,63)(H,57,66)(H,58,64)(H4,47,48,50)/t31-,34+,35+,36+,37-,38+/m1/s1. The van der Waals surface area contributed by atoms with Gasteiger partial charge in [-0.25, -0.2) is 4.98 Å². The molecule has 0 saturated heterocycles. The lowest BCUT2D eigenvalue weighted by molar-refractivity contribution is -0.135. The van der Waals surface area contributed by atoms with Gasteiger partial charge >= 0.3 is 0 Å². The maximum absolute atomic E-state index is 14.4. The van der Waals surface area contributed by atoms with Crippen LogP contribution in [0.15, 0.2) is 78.3 Å². The zero-order valence-electron chi connectivity index (χ0n) is 37.1. The molecule has 2 heterocycles. The average molecular weight is 912 g/mol. The summed E-state index contributed by atoms with van der Waals surface area (Å²) in [5.41, 5.74) is 19.2. The van der Waals surface area contributed by atoms with E-state index in [9.17, 15) is 38.4 Å². The van der Waals surface area contributed by atoms with E-state index >= 15 is 0 Å². The van der Waals surface area contributed by atoms with Crippen LogP contribution in [0.3, 0.4) is 0 Å². The predicted molar refractivity (Wildman–Crippen MR) is 246 cm³/mol. The molecule has 21 heteroatoms. The summed E-state index contributed by atoms with van der Waals surface area (Å²) in [6.45, 7) is 3.30. The highest BCUT2D eigenvalue weighted by atomic mass is 16.2. The topological polar surface area (TPSA) is 344 Å². The number of nitrogens with one attached hydrogen (secondary N) is 8. The molecule has 0 bridgehead atoms. The van der Waals surface area contributed by atoms with Crippen LogP contribution in [0, 0.1) is 0 Å². The number of guanidine groups is 1. The molecule has 2 aromatic carbocycles. The maximum atomic E-state index is 14.4. The highest BCUT2D eigenvalue weighted by Gasteiger charge is 2.33. The van der Waals surface area contributed by atoms with E-state index in [1.54, 1.807) is 36.5 Å². The van der Waals surface area contributed by atoms with E-state index in [1.165, 1.54) is 19.4 Å². The van der Waals surface area contributed by atoms with Gasteiger partial charge in [-0.15, -0.1) is 0 Å². The fourth-order valence-corrected chi connectivity index (χ4v) is 7.18. The third-order valence-electron chi connectivity index (χ3n) is 10.6. The highest BCUT2D eigenvalue weighted by molar-refractivity contribution is 5.97. The molecule has 4 rings (SSSR count). The van der Waals surface area contributed by atoms with Crippen LogP contribution in [0.1, 0.15) is 75.6 Å². The van der Waals surface area contributed by atoms with E-state index in [0.717, 1.165) is 22.9 Å². The number of imidazole rings is 1. The number of nitrogens with two attached hydrogens (primary N) is 3. The van der Waals surface area contributed by atoms with E-state index in [-0.39, 0.29) is 63.9 Å². The molecule has 14 N–H and O–H groups in total. The number of aliphatic imine (C=N–C) groups is 1. The van der Waals surface area contributed by atoms with Crippen molar-refractivity contribution >= 4 is 64.5 Å². The molecule has 6 atom stereocenters. The van der Waals surface area contributed by atoms with Gasteiger partial charge in [0.2, 0.25) is 41.4 Å². The zero-order valence-corrected chi connectivity index (χ0v) is 37.1. The monoisotopic (exact) mass is 911 g/mol. The molecule has 354 valence electrons. The number of H-pyrrole nitrogens is 2. The van der Waals surface area contributed by atoms with Gasteiger partial charge in [-0.05, 0) is 42.9 Å². The molecule has 0 aliphatic carbocycles. The van der Waals surface area contributed by atoms with Crippen molar-refractivity contribution in [1.82, 2.24) is 46.9 Å². The van der Waals surface area contributed by atoms with Crippen molar-refractivity contribution in [3.8, 4) is 0 Å². The highest BCUT2D eigenvalue weighted by Crippen LogP contribution is 2.19. The second kappa shape index (κ2) is 26.3. The number of fused-ring (bicyclic) bond motifs is 1. The quantitative estimate of drug-likeness (QED) is 0.0150. The van der Waals surface area contributed by atoms with Crippen LogP contribution in [0.5, 0.6) is 0 Å². The number of rotatable bonds is 28. The Bertz CT molecular complexity index is 2280. The van der Waals surface area contributed by atoms with Crippen molar-refractivity contribution in [2.45, 2.75) is 114 Å². The molecule has 0 saturated carbocycles. The number of aldehydes is 1. The van der Waals surface area contributed by atoms with Crippen molar-refractivity contribution in [3.05, 3.63) is 90.1 Å².